The van der Waals surface area contributed by atoms with E-state index in [1.54, 1.807) is 0 Å². The van der Waals surface area contributed by atoms with Crippen LogP contribution in [0.4, 0.5) is 11.4 Å². The molecule has 7 nitrogen and oxygen atoms in total. The fourth-order valence-electron chi connectivity index (χ4n) is 3.47. The Hall–Kier alpha value is -2.58. The van der Waals surface area contributed by atoms with Crippen molar-refractivity contribution in [1.82, 2.24) is 4.31 Å². The number of hydrogen-bond donors (Lipinski definition) is 2. The van der Waals surface area contributed by atoms with Gasteiger partial charge in [0.05, 0.1) is 11.9 Å². The molecule has 8 heteroatoms. The van der Waals surface area contributed by atoms with Gasteiger partial charge in [0.2, 0.25) is 10.0 Å². The van der Waals surface area contributed by atoms with E-state index in [0.717, 1.165) is 22.4 Å². The predicted molar refractivity (Wildman–Crippen MR) is 103 cm³/mol. The summed E-state index contributed by atoms with van der Waals surface area (Å²) in [5.41, 5.74) is 4.91. The van der Waals surface area contributed by atoms with E-state index in [0.29, 0.717) is 37.5 Å². The molecule has 27 heavy (non-hydrogen) atoms. The van der Waals surface area contributed by atoms with Crippen molar-refractivity contribution in [2.45, 2.75) is 19.5 Å². The molecule has 0 unspecified atom stereocenters. The Morgan fingerprint density at radius 1 is 1.26 bits per heavy atom. The summed E-state index contributed by atoms with van der Waals surface area (Å²) in [4.78, 5) is 11.5. The Balaban J connectivity index is 1.50. The van der Waals surface area contributed by atoms with Crippen LogP contribution in [0.3, 0.4) is 0 Å². The molecule has 2 N–H and O–H groups in total. The number of hydrogen-bond acceptors (Lipinski definition) is 5. The second-order valence-corrected chi connectivity index (χ2v) is 8.79. The highest BCUT2D eigenvalue weighted by atomic mass is 32.2. The van der Waals surface area contributed by atoms with E-state index < -0.39 is 10.0 Å². The maximum Gasteiger partial charge on any atom is 0.262 e. The van der Waals surface area contributed by atoms with Gasteiger partial charge in [-0.2, -0.15) is 4.31 Å². The topological polar surface area (TPSA) is 87.7 Å². The molecule has 2 heterocycles. The highest BCUT2D eigenvalue weighted by Crippen LogP contribution is 2.30. The van der Waals surface area contributed by atoms with E-state index in [1.807, 2.05) is 36.4 Å². The van der Waals surface area contributed by atoms with Crippen LogP contribution in [0.2, 0.25) is 0 Å². The second-order valence-electron chi connectivity index (χ2n) is 6.81. The molecule has 2 aromatic rings. The summed E-state index contributed by atoms with van der Waals surface area (Å²) in [6, 6.07) is 11.6. The maximum absolute atomic E-state index is 11.8. The molecule has 0 aromatic heterocycles. The molecule has 0 saturated carbocycles. The zero-order chi connectivity index (χ0) is 19.0. The van der Waals surface area contributed by atoms with Crippen molar-refractivity contribution >= 4 is 27.3 Å². The number of benzene rings is 2. The van der Waals surface area contributed by atoms with Crippen LogP contribution in [0.5, 0.6) is 5.75 Å². The van der Waals surface area contributed by atoms with Crippen molar-refractivity contribution in [2.75, 3.05) is 30.0 Å². The smallest absolute Gasteiger partial charge is 0.262 e. The fourth-order valence-corrected chi connectivity index (χ4v) is 4.27. The molecule has 4 rings (SSSR count). The lowest BCUT2D eigenvalue weighted by atomic mass is 9.99. The summed E-state index contributed by atoms with van der Waals surface area (Å²) in [5.74, 6) is 0.525. The molecule has 0 radical (unpaired) electrons. The standard InChI is InChI=1S/C19H21N3O4S/c1-27(24,25)22-8-7-15-14(11-22)3-2-4-16(15)20-10-13-5-6-18-17(9-13)21-19(23)12-26-18/h2-6,9,20H,7-8,10-12H2,1H3,(H,21,23). The van der Waals surface area contributed by atoms with Gasteiger partial charge >= 0.3 is 0 Å². The van der Waals surface area contributed by atoms with Gasteiger partial charge in [-0.3, -0.25) is 4.79 Å². The van der Waals surface area contributed by atoms with Gasteiger partial charge in [0.1, 0.15) is 5.75 Å². The van der Waals surface area contributed by atoms with Crippen LogP contribution in [0.1, 0.15) is 16.7 Å². The monoisotopic (exact) mass is 387 g/mol. The van der Waals surface area contributed by atoms with Crippen molar-refractivity contribution in [3.8, 4) is 5.75 Å². The minimum Gasteiger partial charge on any atom is -0.482 e. The van der Waals surface area contributed by atoms with Gasteiger partial charge in [0.25, 0.3) is 5.91 Å². The number of ether oxygens (including phenoxy) is 1. The molecular weight excluding hydrogens is 366 g/mol. The van der Waals surface area contributed by atoms with Gasteiger partial charge in [0, 0.05) is 25.3 Å². The first-order valence-corrected chi connectivity index (χ1v) is 10.6. The lowest BCUT2D eigenvalue weighted by Crippen LogP contribution is -2.35. The summed E-state index contributed by atoms with van der Waals surface area (Å²) >= 11 is 0. The maximum atomic E-state index is 11.8. The Kier molecular flexibility index (Phi) is 4.53. The number of anilines is 2. The molecule has 0 bridgehead atoms. The van der Waals surface area contributed by atoms with Crippen LogP contribution in [0.25, 0.3) is 0 Å². The molecule has 0 saturated heterocycles. The van der Waals surface area contributed by atoms with Crippen LogP contribution in [0, 0.1) is 0 Å². The molecule has 2 aliphatic rings. The summed E-state index contributed by atoms with van der Waals surface area (Å²) in [6.45, 7) is 1.54. The van der Waals surface area contributed by atoms with E-state index in [4.69, 9.17) is 4.74 Å². The van der Waals surface area contributed by atoms with Crippen molar-refractivity contribution in [3.05, 3.63) is 53.1 Å². The Morgan fingerprint density at radius 2 is 2.11 bits per heavy atom. The number of nitrogens with zero attached hydrogens (tertiary/aromatic N) is 1. The zero-order valence-electron chi connectivity index (χ0n) is 15.0. The number of fused-ring (bicyclic) bond motifs is 2. The lowest BCUT2D eigenvalue weighted by Gasteiger charge is -2.28. The van der Waals surface area contributed by atoms with Gasteiger partial charge in [-0.05, 0) is 41.3 Å². The van der Waals surface area contributed by atoms with E-state index in [1.165, 1.54) is 10.6 Å². The van der Waals surface area contributed by atoms with Gasteiger partial charge in [-0.25, -0.2) is 8.42 Å². The molecule has 2 aromatic carbocycles. The highest BCUT2D eigenvalue weighted by molar-refractivity contribution is 7.88. The van der Waals surface area contributed by atoms with Crippen molar-refractivity contribution in [3.63, 3.8) is 0 Å². The second kappa shape index (κ2) is 6.86. The van der Waals surface area contributed by atoms with Crippen LogP contribution in [0.15, 0.2) is 36.4 Å². The normalized spacial score (nSPS) is 16.7. The molecule has 142 valence electrons. The van der Waals surface area contributed by atoms with Crippen molar-refractivity contribution in [2.24, 2.45) is 0 Å². The molecule has 0 fully saturated rings. The van der Waals surface area contributed by atoms with Gasteiger partial charge < -0.3 is 15.4 Å². The number of rotatable bonds is 4. The number of amides is 1. The van der Waals surface area contributed by atoms with Gasteiger partial charge in [-0.15, -0.1) is 0 Å². The van der Waals surface area contributed by atoms with Crippen LogP contribution in [-0.2, 0) is 34.3 Å². The number of carbonyl (C=O) groups excluding carboxylic acids is 1. The van der Waals surface area contributed by atoms with Crippen LogP contribution >= 0.6 is 0 Å². The summed E-state index contributed by atoms with van der Waals surface area (Å²) in [7, 11) is -3.18. The quantitative estimate of drug-likeness (QED) is 0.837. The molecule has 0 atom stereocenters. The SMILES string of the molecule is CS(=O)(=O)N1CCc2c(cccc2NCc2ccc3c(c2)NC(=O)CO3)C1. The number of carbonyl (C=O) groups is 1. The molecule has 2 aliphatic heterocycles. The average molecular weight is 387 g/mol. The number of sulfonamides is 1. The van der Waals surface area contributed by atoms with E-state index >= 15 is 0 Å². The molecule has 1 amide bonds. The lowest BCUT2D eigenvalue weighted by molar-refractivity contribution is -0.118. The Bertz CT molecular complexity index is 1000. The molecule has 0 spiro atoms. The minimum absolute atomic E-state index is 0.0469. The number of nitrogens with one attached hydrogen (secondary N) is 2. The van der Waals surface area contributed by atoms with Crippen LogP contribution < -0.4 is 15.4 Å². The Labute approximate surface area is 158 Å². The van der Waals surface area contributed by atoms with Crippen molar-refractivity contribution in [1.29, 1.82) is 0 Å². The van der Waals surface area contributed by atoms with Gasteiger partial charge in [0.15, 0.2) is 6.61 Å². The highest BCUT2D eigenvalue weighted by Gasteiger charge is 2.24. The third-order valence-corrected chi connectivity index (χ3v) is 6.11. The predicted octanol–water partition coefficient (Wildman–Crippen LogP) is 1.95. The van der Waals surface area contributed by atoms with E-state index in [2.05, 4.69) is 10.6 Å². The van der Waals surface area contributed by atoms with Gasteiger partial charge in [-0.1, -0.05) is 18.2 Å². The third-order valence-electron chi connectivity index (χ3n) is 4.86. The van der Waals surface area contributed by atoms with Crippen molar-refractivity contribution < 1.29 is 17.9 Å². The van der Waals surface area contributed by atoms with E-state index in [-0.39, 0.29) is 12.5 Å². The molecular formula is C19H21N3O4S. The van der Waals surface area contributed by atoms with E-state index in [9.17, 15) is 13.2 Å². The first kappa shape index (κ1) is 17.8. The first-order chi connectivity index (χ1) is 12.9. The molecule has 0 aliphatic carbocycles. The largest absolute Gasteiger partial charge is 0.482 e. The summed E-state index contributed by atoms with van der Waals surface area (Å²) in [6.07, 6.45) is 1.93. The average Bonchev–Trinajstić information content (AvgIpc) is 2.64. The van der Waals surface area contributed by atoms with Crippen LogP contribution in [-0.4, -0.2) is 38.0 Å². The Morgan fingerprint density at radius 3 is 2.93 bits per heavy atom. The summed E-state index contributed by atoms with van der Waals surface area (Å²) in [5, 5.41) is 6.25. The fraction of sp³-hybridized carbons (Fsp3) is 0.316. The third kappa shape index (κ3) is 3.77. The minimum atomic E-state index is -3.18. The zero-order valence-corrected chi connectivity index (χ0v) is 15.8. The first-order valence-electron chi connectivity index (χ1n) is 8.75. The summed E-state index contributed by atoms with van der Waals surface area (Å²) < 4.78 is 30.5.